The van der Waals surface area contributed by atoms with Gasteiger partial charge in [-0.25, -0.2) is 0 Å². The van der Waals surface area contributed by atoms with Gasteiger partial charge in [0.05, 0.1) is 35.3 Å². The van der Waals surface area contributed by atoms with Crippen molar-refractivity contribution in [2.45, 2.75) is 43.9 Å². The number of phenols is 1. The van der Waals surface area contributed by atoms with Gasteiger partial charge in [-0.2, -0.15) is 5.01 Å². The number of phenolic OH excluding ortho intramolecular Hbond substituents is 1. The molecule has 3 N–H and O–H groups in total. The average molecular weight is 660 g/mol. The topological polar surface area (TPSA) is 144 Å². The van der Waals surface area contributed by atoms with Gasteiger partial charge >= 0.3 is 5.97 Å². The standard InChI is InChI=1S/C39H37N3O7/c1-3-8-23-9-7-12-28(34(23)45)33-26-17-18-27-32(37(48)41(35(27)46)20-19-31(43)44)29(26)21-30-36(47)42(40-25-15-13-22(2)14-16-25)38(49)39(30,33)24-10-5-4-6-11-24/h3-7,9-17,27,29-30,32-33,40,45H,1,8,18-21H2,2H3,(H,43,44). The predicted molar refractivity (Wildman–Crippen MR) is 180 cm³/mol. The molecule has 4 aliphatic rings. The summed E-state index contributed by atoms with van der Waals surface area (Å²) >= 11 is 0. The lowest BCUT2D eigenvalue weighted by Gasteiger charge is -2.50. The number of allylic oxidation sites excluding steroid dienone is 3. The smallest absolute Gasteiger partial charge is 0.305 e. The van der Waals surface area contributed by atoms with Gasteiger partial charge < -0.3 is 10.2 Å². The van der Waals surface area contributed by atoms with Crippen molar-refractivity contribution in [3.63, 3.8) is 0 Å². The Morgan fingerprint density at radius 1 is 0.959 bits per heavy atom. The minimum Gasteiger partial charge on any atom is -0.507 e. The lowest BCUT2D eigenvalue weighted by molar-refractivity contribution is -0.143. The van der Waals surface area contributed by atoms with Crippen LogP contribution in [-0.4, -0.2) is 56.3 Å². The fraction of sp³-hybridized carbons (Fsp3) is 0.308. The molecule has 0 bridgehead atoms. The van der Waals surface area contributed by atoms with Crippen LogP contribution in [0.25, 0.3) is 0 Å². The van der Waals surface area contributed by atoms with E-state index < -0.39 is 64.6 Å². The number of hydrazine groups is 1. The third kappa shape index (κ3) is 4.88. The lowest BCUT2D eigenvalue weighted by Crippen LogP contribution is -2.53. The van der Waals surface area contributed by atoms with E-state index in [1.807, 2.05) is 55.5 Å². The number of fused-ring (bicyclic) bond motifs is 4. The van der Waals surface area contributed by atoms with Crippen LogP contribution in [0.1, 0.15) is 47.4 Å². The average Bonchev–Trinajstić information content (AvgIpc) is 3.46. The third-order valence-corrected chi connectivity index (χ3v) is 10.9. The van der Waals surface area contributed by atoms with E-state index in [2.05, 4.69) is 12.0 Å². The number of hydrogen-bond acceptors (Lipinski definition) is 7. The molecule has 2 saturated heterocycles. The zero-order valence-corrected chi connectivity index (χ0v) is 27.0. The second-order valence-electron chi connectivity index (χ2n) is 13.4. The number of aryl methyl sites for hydroxylation is 1. The molecule has 250 valence electrons. The first-order valence-electron chi connectivity index (χ1n) is 16.5. The van der Waals surface area contributed by atoms with Gasteiger partial charge in [-0.3, -0.25) is 34.3 Å². The molecule has 6 unspecified atom stereocenters. The highest BCUT2D eigenvalue weighted by atomic mass is 16.4. The molecule has 2 aliphatic heterocycles. The number of carbonyl (C=O) groups is 5. The van der Waals surface area contributed by atoms with E-state index in [9.17, 15) is 29.4 Å². The van der Waals surface area contributed by atoms with Gasteiger partial charge in [0.25, 0.3) is 11.8 Å². The van der Waals surface area contributed by atoms with E-state index >= 15 is 4.79 Å². The zero-order chi connectivity index (χ0) is 34.6. The molecule has 0 aromatic heterocycles. The number of benzene rings is 3. The number of anilines is 1. The predicted octanol–water partition coefficient (Wildman–Crippen LogP) is 4.89. The number of carbonyl (C=O) groups excluding carboxylic acids is 4. The van der Waals surface area contributed by atoms with Crippen molar-refractivity contribution in [3.05, 3.63) is 119 Å². The molecule has 10 nitrogen and oxygen atoms in total. The molecule has 6 atom stereocenters. The number of likely N-dealkylation sites (tertiary alicyclic amines) is 1. The molecule has 1 saturated carbocycles. The molecule has 0 radical (unpaired) electrons. The summed E-state index contributed by atoms with van der Waals surface area (Å²) in [5.74, 6) is -6.98. The van der Waals surface area contributed by atoms with Crippen molar-refractivity contribution in [1.29, 1.82) is 0 Å². The molecular formula is C39H37N3O7. The normalized spacial score (nSPS) is 27.4. The first-order chi connectivity index (χ1) is 23.6. The number of aromatic hydroxyl groups is 1. The van der Waals surface area contributed by atoms with E-state index in [1.54, 1.807) is 36.4 Å². The summed E-state index contributed by atoms with van der Waals surface area (Å²) in [5.41, 5.74) is 5.47. The maximum atomic E-state index is 15.2. The highest BCUT2D eigenvalue weighted by Gasteiger charge is 2.70. The minimum atomic E-state index is -1.51. The Bertz CT molecular complexity index is 1920. The van der Waals surface area contributed by atoms with Crippen LogP contribution in [0.3, 0.4) is 0 Å². The second-order valence-corrected chi connectivity index (χ2v) is 13.4. The molecule has 4 amide bonds. The Morgan fingerprint density at radius 3 is 2.39 bits per heavy atom. The van der Waals surface area contributed by atoms with E-state index in [-0.39, 0.29) is 31.6 Å². The highest BCUT2D eigenvalue weighted by molar-refractivity contribution is 6.13. The largest absolute Gasteiger partial charge is 0.507 e. The Labute approximate surface area is 283 Å². The van der Waals surface area contributed by atoms with Crippen LogP contribution in [0, 0.1) is 30.6 Å². The van der Waals surface area contributed by atoms with Crippen LogP contribution in [0.2, 0.25) is 0 Å². The zero-order valence-electron chi connectivity index (χ0n) is 27.0. The summed E-state index contributed by atoms with van der Waals surface area (Å²) in [6, 6.07) is 21.8. The second kappa shape index (κ2) is 12.2. The van der Waals surface area contributed by atoms with E-state index in [1.165, 1.54) is 0 Å². The van der Waals surface area contributed by atoms with Crippen LogP contribution in [0.5, 0.6) is 5.75 Å². The monoisotopic (exact) mass is 659 g/mol. The first-order valence-corrected chi connectivity index (χ1v) is 16.5. The summed E-state index contributed by atoms with van der Waals surface area (Å²) in [4.78, 5) is 69.9. The maximum absolute atomic E-state index is 15.2. The molecule has 10 heteroatoms. The van der Waals surface area contributed by atoms with Crippen molar-refractivity contribution >= 4 is 35.3 Å². The number of amides is 4. The van der Waals surface area contributed by atoms with Crippen molar-refractivity contribution in [1.82, 2.24) is 9.91 Å². The first kappa shape index (κ1) is 32.1. The fourth-order valence-corrected chi connectivity index (χ4v) is 8.75. The molecule has 7 rings (SSSR count). The molecular weight excluding hydrogens is 622 g/mol. The van der Waals surface area contributed by atoms with Crippen LogP contribution in [-0.2, 0) is 35.8 Å². The molecule has 3 aromatic carbocycles. The van der Waals surface area contributed by atoms with E-state index in [4.69, 9.17) is 0 Å². The van der Waals surface area contributed by atoms with Gasteiger partial charge in [0.1, 0.15) is 5.75 Å². The Hall–Kier alpha value is -5.51. The number of aliphatic carboxylic acids is 1. The van der Waals surface area contributed by atoms with Gasteiger partial charge in [-0.05, 0) is 55.4 Å². The summed E-state index contributed by atoms with van der Waals surface area (Å²) in [7, 11) is 0. The number of rotatable bonds is 9. The van der Waals surface area contributed by atoms with Crippen molar-refractivity contribution in [3.8, 4) is 5.75 Å². The molecule has 3 aromatic rings. The SMILES string of the molecule is C=CCc1cccc(C2C3=CCC4C(=O)N(CCC(=O)O)C(=O)C4C3CC3C(=O)N(Nc4ccc(C)cc4)C(=O)C32c2ccccc2)c1O. The summed E-state index contributed by atoms with van der Waals surface area (Å²) < 4.78 is 0. The number of hydrogen-bond donors (Lipinski definition) is 3. The van der Waals surface area contributed by atoms with Crippen LogP contribution >= 0.6 is 0 Å². The molecule has 3 fully saturated rings. The summed E-state index contributed by atoms with van der Waals surface area (Å²) in [5, 5.41) is 22.3. The van der Waals surface area contributed by atoms with Gasteiger partial charge in [-0.15, -0.1) is 6.58 Å². The number of carboxylic acids is 1. The van der Waals surface area contributed by atoms with Gasteiger partial charge in [-0.1, -0.05) is 84.0 Å². The van der Waals surface area contributed by atoms with Crippen molar-refractivity contribution < 1.29 is 34.2 Å². The highest BCUT2D eigenvalue weighted by Crippen LogP contribution is 2.65. The van der Waals surface area contributed by atoms with E-state index in [0.29, 0.717) is 34.4 Å². The van der Waals surface area contributed by atoms with Crippen LogP contribution in [0.4, 0.5) is 5.69 Å². The fourth-order valence-electron chi connectivity index (χ4n) is 8.75. The van der Waals surface area contributed by atoms with Crippen molar-refractivity contribution in [2.75, 3.05) is 12.0 Å². The number of imide groups is 2. The minimum absolute atomic E-state index is 0.0211. The van der Waals surface area contributed by atoms with Gasteiger partial charge in [0.15, 0.2) is 0 Å². The quantitative estimate of drug-likeness (QED) is 0.218. The summed E-state index contributed by atoms with van der Waals surface area (Å²) in [6.45, 7) is 5.53. The molecule has 2 heterocycles. The third-order valence-electron chi connectivity index (χ3n) is 10.9. The number of para-hydroxylation sites is 1. The van der Waals surface area contributed by atoms with Crippen LogP contribution < -0.4 is 5.43 Å². The number of nitrogens with zero attached hydrogens (tertiary/aromatic N) is 2. The summed E-state index contributed by atoms with van der Waals surface area (Å²) in [6.07, 6.45) is 3.89. The Balaban J connectivity index is 1.44. The van der Waals surface area contributed by atoms with E-state index in [0.717, 1.165) is 15.5 Å². The Morgan fingerprint density at radius 2 is 1.69 bits per heavy atom. The van der Waals surface area contributed by atoms with Gasteiger partial charge in [0, 0.05) is 18.0 Å². The molecule has 0 spiro atoms. The van der Waals surface area contributed by atoms with Crippen molar-refractivity contribution in [2.24, 2.45) is 23.7 Å². The van der Waals surface area contributed by atoms with Gasteiger partial charge in [0.2, 0.25) is 11.8 Å². The number of nitrogens with one attached hydrogen (secondary N) is 1. The number of carboxylic acid groups (broad SMARTS) is 1. The van der Waals surface area contributed by atoms with Crippen LogP contribution in [0.15, 0.2) is 97.1 Å². The molecule has 49 heavy (non-hydrogen) atoms. The Kier molecular flexibility index (Phi) is 7.97. The molecule has 2 aliphatic carbocycles. The maximum Gasteiger partial charge on any atom is 0.305 e. The lowest BCUT2D eigenvalue weighted by atomic mass is 9.49.